The number of rotatable bonds is 4. The van der Waals surface area contributed by atoms with Gasteiger partial charge in [-0.1, -0.05) is 164 Å². The van der Waals surface area contributed by atoms with Crippen LogP contribution in [0.3, 0.4) is 0 Å². The van der Waals surface area contributed by atoms with Gasteiger partial charge in [0.25, 0.3) is 0 Å². The Bertz CT molecular complexity index is 3770. The fourth-order valence-corrected chi connectivity index (χ4v) is 9.72. The Kier molecular flexibility index (Phi) is 6.41. The smallest absolute Gasteiger partial charge is 0.165 e. The van der Waals surface area contributed by atoms with Gasteiger partial charge in [0.2, 0.25) is 0 Å². The first kappa shape index (κ1) is 31.4. The summed E-state index contributed by atoms with van der Waals surface area (Å²) in [5.74, 6) is 0.811. The number of hydrogen-bond acceptors (Lipinski definition) is 2. The van der Waals surface area contributed by atoms with E-state index in [1.165, 1.54) is 65.6 Å². The third kappa shape index (κ3) is 4.29. The van der Waals surface area contributed by atoms with Crippen LogP contribution in [0.25, 0.3) is 121 Å². The highest BCUT2D eigenvalue weighted by Gasteiger charge is 2.27. The molecule has 0 aliphatic rings. The van der Waals surface area contributed by atoms with E-state index in [0.29, 0.717) is 0 Å². The van der Waals surface area contributed by atoms with Crippen LogP contribution in [0.4, 0.5) is 0 Å². The second-order valence-electron chi connectivity index (χ2n) is 15.3. The van der Waals surface area contributed by atoms with Gasteiger partial charge in [0.1, 0.15) is 5.69 Å². The molecule has 4 nitrogen and oxygen atoms in total. The van der Waals surface area contributed by atoms with E-state index in [4.69, 9.17) is 9.97 Å². The molecule has 0 atom stereocenters. The van der Waals surface area contributed by atoms with Crippen molar-refractivity contribution in [3.8, 4) is 39.3 Å². The number of benzene rings is 9. The third-order valence-corrected chi connectivity index (χ3v) is 12.2. The van der Waals surface area contributed by atoms with Crippen LogP contribution in [-0.4, -0.2) is 18.9 Å². The highest BCUT2D eigenvalue weighted by molar-refractivity contribution is 6.35. The van der Waals surface area contributed by atoms with Crippen molar-refractivity contribution < 1.29 is 0 Å². The molecule has 0 fully saturated rings. The van der Waals surface area contributed by atoms with E-state index in [1.54, 1.807) is 0 Å². The van der Waals surface area contributed by atoms with Gasteiger partial charge in [-0.25, -0.2) is 9.97 Å². The maximum absolute atomic E-state index is 5.71. The summed E-state index contributed by atoms with van der Waals surface area (Å²) in [5, 5.41) is 9.60. The Morgan fingerprint density at radius 1 is 0.345 bits per heavy atom. The molecule has 58 heavy (non-hydrogen) atoms. The number of para-hydroxylation sites is 2. The summed E-state index contributed by atoms with van der Waals surface area (Å²) in [6.07, 6.45) is 0. The molecule has 4 heterocycles. The summed E-state index contributed by atoms with van der Waals surface area (Å²) in [4.78, 5) is 11.2. The zero-order valence-electron chi connectivity index (χ0n) is 31.3. The van der Waals surface area contributed by atoms with Crippen LogP contribution in [0.1, 0.15) is 0 Å². The number of fused-ring (bicyclic) bond motifs is 9. The summed E-state index contributed by atoms with van der Waals surface area (Å²) in [6, 6.07) is 70.0. The standard InChI is InChI=1S/C54H32N4/c1-3-13-33(14-4-1)34-23-25-37(26-24-34)51-54(56-52-39-18-8-7-17-36(39)27-30-43(52)55-51)58-46-31-28-38(35-15-5-2-6-16-35)48-42-20-10-12-22-45(42)57-44-21-11-9-19-40(44)41-29-32-47(58)50(49(46)48)53(41)57/h1-32H. The Hall–Kier alpha value is -7.82. The van der Waals surface area contributed by atoms with Gasteiger partial charge in [0.05, 0.1) is 38.6 Å². The highest BCUT2D eigenvalue weighted by Crippen LogP contribution is 2.48. The van der Waals surface area contributed by atoms with Crippen molar-refractivity contribution in [3.63, 3.8) is 0 Å². The zero-order valence-corrected chi connectivity index (χ0v) is 31.3. The number of aromatic nitrogens is 4. The maximum atomic E-state index is 5.71. The van der Waals surface area contributed by atoms with E-state index >= 15 is 0 Å². The summed E-state index contributed by atoms with van der Waals surface area (Å²) in [5.41, 5.74) is 14.2. The van der Waals surface area contributed by atoms with Gasteiger partial charge in [-0.3, -0.25) is 4.57 Å². The predicted octanol–water partition coefficient (Wildman–Crippen LogP) is 14.0. The van der Waals surface area contributed by atoms with E-state index in [1.807, 2.05) is 0 Å². The second-order valence-corrected chi connectivity index (χ2v) is 15.3. The SMILES string of the molecule is c1ccc(-c2ccc(-c3nc4ccc5ccccc5c4nc3-n3c4ccc(-c5ccccc5)c5c6ccccc6n6c7ccccc7c7ccc3c(c54)c76)cc2)cc1. The molecular weight excluding hydrogens is 705 g/mol. The molecule has 0 aliphatic carbocycles. The van der Waals surface area contributed by atoms with E-state index in [2.05, 4.69) is 203 Å². The minimum absolute atomic E-state index is 0.811. The van der Waals surface area contributed by atoms with Gasteiger partial charge in [-0.2, -0.15) is 0 Å². The number of hydrogen-bond donors (Lipinski definition) is 0. The summed E-state index contributed by atoms with van der Waals surface area (Å²) in [6.45, 7) is 0. The lowest BCUT2D eigenvalue weighted by atomic mass is 9.95. The van der Waals surface area contributed by atoms with Gasteiger partial charge >= 0.3 is 0 Å². The summed E-state index contributed by atoms with van der Waals surface area (Å²) >= 11 is 0. The lowest BCUT2D eigenvalue weighted by Gasteiger charge is -2.16. The molecule has 0 amide bonds. The Morgan fingerprint density at radius 3 is 1.74 bits per heavy atom. The lowest BCUT2D eigenvalue weighted by Crippen LogP contribution is -2.04. The molecular formula is C54H32N4. The van der Waals surface area contributed by atoms with Crippen molar-refractivity contribution in [3.05, 3.63) is 194 Å². The first-order valence-electron chi connectivity index (χ1n) is 19.8. The minimum Gasteiger partial charge on any atom is -0.308 e. The fourth-order valence-electron chi connectivity index (χ4n) is 9.72. The molecule has 9 aromatic carbocycles. The molecule has 0 N–H and O–H groups in total. The van der Waals surface area contributed by atoms with Crippen LogP contribution < -0.4 is 0 Å². The molecule has 268 valence electrons. The van der Waals surface area contributed by atoms with Gasteiger partial charge in [-0.15, -0.1) is 0 Å². The Labute approximate surface area is 332 Å². The van der Waals surface area contributed by atoms with E-state index in [9.17, 15) is 0 Å². The van der Waals surface area contributed by atoms with Gasteiger partial charge < -0.3 is 4.40 Å². The molecule has 13 rings (SSSR count). The number of nitrogens with zero attached hydrogens (tertiary/aromatic N) is 4. The third-order valence-electron chi connectivity index (χ3n) is 12.2. The Morgan fingerprint density at radius 2 is 0.948 bits per heavy atom. The van der Waals surface area contributed by atoms with E-state index in [0.717, 1.165) is 55.5 Å². The lowest BCUT2D eigenvalue weighted by molar-refractivity contribution is 1.08. The molecule has 0 bridgehead atoms. The minimum atomic E-state index is 0.811. The van der Waals surface area contributed by atoms with Crippen molar-refractivity contribution in [2.24, 2.45) is 0 Å². The molecule has 0 unspecified atom stereocenters. The first-order chi connectivity index (χ1) is 28.8. The first-order valence-corrected chi connectivity index (χ1v) is 19.8. The van der Waals surface area contributed by atoms with Gasteiger partial charge in [-0.05, 0) is 58.0 Å². The average Bonchev–Trinajstić information content (AvgIpc) is 3.77. The normalized spacial score (nSPS) is 12.1. The van der Waals surface area contributed by atoms with Crippen LogP contribution in [0, 0.1) is 0 Å². The molecule has 0 aliphatic heterocycles. The Balaban J connectivity index is 1.24. The molecule has 13 aromatic rings. The topological polar surface area (TPSA) is 35.1 Å². The van der Waals surface area contributed by atoms with E-state index in [-0.39, 0.29) is 0 Å². The van der Waals surface area contributed by atoms with Gasteiger partial charge in [0.15, 0.2) is 5.82 Å². The molecule has 0 saturated heterocycles. The van der Waals surface area contributed by atoms with E-state index < -0.39 is 0 Å². The molecule has 0 spiro atoms. The molecule has 4 aromatic heterocycles. The molecule has 0 radical (unpaired) electrons. The summed E-state index contributed by atoms with van der Waals surface area (Å²) in [7, 11) is 0. The maximum Gasteiger partial charge on any atom is 0.165 e. The largest absolute Gasteiger partial charge is 0.308 e. The molecule has 0 saturated carbocycles. The van der Waals surface area contributed by atoms with Crippen molar-refractivity contribution in [2.45, 2.75) is 0 Å². The van der Waals surface area contributed by atoms with Crippen LogP contribution in [0.5, 0.6) is 0 Å². The molecule has 4 heteroatoms. The quantitative estimate of drug-likeness (QED) is 0.169. The van der Waals surface area contributed by atoms with Crippen LogP contribution in [0.2, 0.25) is 0 Å². The monoisotopic (exact) mass is 736 g/mol. The van der Waals surface area contributed by atoms with Gasteiger partial charge in [0, 0.05) is 43.3 Å². The summed E-state index contributed by atoms with van der Waals surface area (Å²) < 4.78 is 4.90. The fraction of sp³-hybridized carbons (Fsp3) is 0. The van der Waals surface area contributed by atoms with Crippen LogP contribution >= 0.6 is 0 Å². The predicted molar refractivity (Wildman–Crippen MR) is 242 cm³/mol. The van der Waals surface area contributed by atoms with Crippen molar-refractivity contribution in [1.29, 1.82) is 0 Å². The zero-order chi connectivity index (χ0) is 37.9. The highest BCUT2D eigenvalue weighted by atomic mass is 15.1. The second kappa shape index (κ2) is 11.8. The van der Waals surface area contributed by atoms with Crippen molar-refractivity contribution in [1.82, 2.24) is 18.9 Å². The van der Waals surface area contributed by atoms with Crippen LogP contribution in [0.15, 0.2) is 194 Å². The van der Waals surface area contributed by atoms with Crippen molar-refractivity contribution in [2.75, 3.05) is 0 Å². The van der Waals surface area contributed by atoms with Crippen LogP contribution in [-0.2, 0) is 0 Å². The average molecular weight is 737 g/mol. The van der Waals surface area contributed by atoms with Crippen molar-refractivity contribution >= 4 is 81.7 Å².